The van der Waals surface area contributed by atoms with E-state index in [4.69, 9.17) is 16.3 Å². The summed E-state index contributed by atoms with van der Waals surface area (Å²) in [6, 6.07) is 12.7. The van der Waals surface area contributed by atoms with E-state index >= 15 is 0 Å². The number of hydrogen-bond donors (Lipinski definition) is 1. The lowest BCUT2D eigenvalue weighted by Crippen LogP contribution is -1.91. The molecular formula is C14H12BrClO2. The Morgan fingerprint density at radius 1 is 1.17 bits per heavy atom. The molecule has 0 aliphatic rings. The average Bonchev–Trinajstić information content (AvgIpc) is 2.33. The van der Waals surface area contributed by atoms with Crippen LogP contribution in [0.25, 0.3) is 0 Å². The van der Waals surface area contributed by atoms with Crippen LogP contribution in [-0.4, -0.2) is 5.11 Å². The molecule has 1 N–H and O–H groups in total. The Morgan fingerprint density at radius 3 is 2.39 bits per heavy atom. The minimum Gasteiger partial charge on any atom is -0.456 e. The number of hydrogen-bond acceptors (Lipinski definition) is 2. The van der Waals surface area contributed by atoms with Gasteiger partial charge < -0.3 is 9.84 Å². The van der Waals surface area contributed by atoms with Crippen molar-refractivity contribution < 1.29 is 9.84 Å². The fourth-order valence-corrected chi connectivity index (χ4v) is 2.21. The summed E-state index contributed by atoms with van der Waals surface area (Å²) in [6.45, 7) is 1.72. The maximum atomic E-state index is 9.41. The third kappa shape index (κ3) is 3.25. The Balaban J connectivity index is 2.18. The summed E-state index contributed by atoms with van der Waals surface area (Å²) in [5, 5.41) is 9.96. The molecule has 2 aromatic rings. The van der Waals surface area contributed by atoms with E-state index < -0.39 is 6.10 Å². The van der Waals surface area contributed by atoms with E-state index in [0.29, 0.717) is 16.5 Å². The zero-order chi connectivity index (χ0) is 13.1. The number of rotatable bonds is 3. The molecule has 0 saturated carbocycles. The second-order valence-electron chi connectivity index (χ2n) is 3.92. The molecular weight excluding hydrogens is 316 g/mol. The molecule has 0 amide bonds. The third-order valence-corrected chi connectivity index (χ3v) is 3.27. The van der Waals surface area contributed by atoms with Crippen LogP contribution < -0.4 is 4.74 Å². The first kappa shape index (κ1) is 13.4. The van der Waals surface area contributed by atoms with Crippen LogP contribution in [0.4, 0.5) is 0 Å². The molecule has 0 bridgehead atoms. The highest BCUT2D eigenvalue weighted by Crippen LogP contribution is 2.32. The first-order valence-corrected chi connectivity index (χ1v) is 6.64. The van der Waals surface area contributed by atoms with Crippen LogP contribution in [0.3, 0.4) is 0 Å². The van der Waals surface area contributed by atoms with E-state index in [1.54, 1.807) is 31.2 Å². The maximum Gasteiger partial charge on any atom is 0.146 e. The molecule has 2 rings (SSSR count). The lowest BCUT2D eigenvalue weighted by Gasteiger charge is -2.09. The fraction of sp³-hybridized carbons (Fsp3) is 0.143. The van der Waals surface area contributed by atoms with Gasteiger partial charge in [-0.25, -0.2) is 0 Å². The third-order valence-electron chi connectivity index (χ3n) is 2.48. The van der Waals surface area contributed by atoms with E-state index in [1.807, 2.05) is 18.2 Å². The lowest BCUT2D eigenvalue weighted by atomic mass is 10.1. The van der Waals surface area contributed by atoms with Crippen molar-refractivity contribution in [2.45, 2.75) is 13.0 Å². The number of halogens is 2. The first-order chi connectivity index (χ1) is 8.56. The maximum absolute atomic E-state index is 9.41. The molecule has 18 heavy (non-hydrogen) atoms. The molecule has 1 atom stereocenters. The molecule has 0 aliphatic heterocycles. The zero-order valence-corrected chi connectivity index (χ0v) is 12.1. The number of aliphatic hydroxyl groups excluding tert-OH is 1. The van der Waals surface area contributed by atoms with Gasteiger partial charge in [-0.1, -0.05) is 39.7 Å². The molecule has 1 unspecified atom stereocenters. The van der Waals surface area contributed by atoms with Gasteiger partial charge in [0.2, 0.25) is 0 Å². The highest BCUT2D eigenvalue weighted by atomic mass is 79.9. The van der Waals surface area contributed by atoms with Crippen molar-refractivity contribution in [1.29, 1.82) is 0 Å². The number of ether oxygens (including phenoxy) is 1. The van der Waals surface area contributed by atoms with E-state index in [0.717, 1.165) is 10.0 Å². The molecule has 2 aromatic carbocycles. The van der Waals surface area contributed by atoms with E-state index in [9.17, 15) is 5.11 Å². The standard InChI is InChI=1S/C14H12BrClO2/c1-9(17)10-2-5-12(6-3-10)18-14-7-4-11(15)8-13(14)16/h2-9,17H,1H3. The van der Waals surface area contributed by atoms with Crippen molar-refractivity contribution in [1.82, 2.24) is 0 Å². The molecule has 94 valence electrons. The Hall–Kier alpha value is -1.03. The molecule has 0 saturated heterocycles. The van der Waals surface area contributed by atoms with Gasteiger partial charge in [0, 0.05) is 4.47 Å². The van der Waals surface area contributed by atoms with Gasteiger partial charge in [0.1, 0.15) is 11.5 Å². The summed E-state index contributed by atoms with van der Waals surface area (Å²) in [6.07, 6.45) is -0.477. The van der Waals surface area contributed by atoms with Crippen LogP contribution in [0.5, 0.6) is 11.5 Å². The highest BCUT2D eigenvalue weighted by molar-refractivity contribution is 9.10. The van der Waals surface area contributed by atoms with Crippen molar-refractivity contribution in [3.8, 4) is 11.5 Å². The highest BCUT2D eigenvalue weighted by Gasteiger charge is 2.05. The Morgan fingerprint density at radius 2 is 1.83 bits per heavy atom. The first-order valence-electron chi connectivity index (χ1n) is 5.47. The van der Waals surface area contributed by atoms with Crippen molar-refractivity contribution >= 4 is 27.5 Å². The summed E-state index contributed by atoms with van der Waals surface area (Å²) in [7, 11) is 0. The summed E-state index contributed by atoms with van der Waals surface area (Å²) in [5.41, 5.74) is 0.851. The van der Waals surface area contributed by atoms with Gasteiger partial charge in [-0.2, -0.15) is 0 Å². The Kier molecular flexibility index (Phi) is 4.27. The molecule has 0 heterocycles. The van der Waals surface area contributed by atoms with Gasteiger partial charge in [0.15, 0.2) is 0 Å². The van der Waals surface area contributed by atoms with E-state index in [1.165, 1.54) is 0 Å². The zero-order valence-electron chi connectivity index (χ0n) is 9.73. The van der Waals surface area contributed by atoms with Gasteiger partial charge >= 0.3 is 0 Å². The smallest absolute Gasteiger partial charge is 0.146 e. The quantitative estimate of drug-likeness (QED) is 0.864. The minimum atomic E-state index is -0.477. The largest absolute Gasteiger partial charge is 0.456 e. The van der Waals surface area contributed by atoms with Crippen LogP contribution in [0.1, 0.15) is 18.6 Å². The van der Waals surface area contributed by atoms with Gasteiger partial charge in [-0.3, -0.25) is 0 Å². The molecule has 0 spiro atoms. The van der Waals surface area contributed by atoms with Gasteiger partial charge in [-0.05, 0) is 42.8 Å². The normalized spacial score (nSPS) is 12.2. The predicted octanol–water partition coefficient (Wildman–Crippen LogP) is 4.95. The van der Waals surface area contributed by atoms with E-state index in [-0.39, 0.29) is 0 Å². The second-order valence-corrected chi connectivity index (χ2v) is 5.24. The second kappa shape index (κ2) is 5.74. The molecule has 0 aliphatic carbocycles. The van der Waals surface area contributed by atoms with Crippen LogP contribution in [0.15, 0.2) is 46.9 Å². The van der Waals surface area contributed by atoms with Crippen LogP contribution in [0.2, 0.25) is 5.02 Å². The summed E-state index contributed by atoms with van der Waals surface area (Å²) >= 11 is 9.41. The summed E-state index contributed by atoms with van der Waals surface area (Å²) in [4.78, 5) is 0. The monoisotopic (exact) mass is 326 g/mol. The van der Waals surface area contributed by atoms with Gasteiger partial charge in [0.25, 0.3) is 0 Å². The Labute approximate surface area is 119 Å². The summed E-state index contributed by atoms with van der Waals surface area (Å²) in [5.74, 6) is 1.29. The van der Waals surface area contributed by atoms with Crippen LogP contribution in [0, 0.1) is 0 Å². The van der Waals surface area contributed by atoms with E-state index in [2.05, 4.69) is 15.9 Å². The van der Waals surface area contributed by atoms with Gasteiger partial charge in [-0.15, -0.1) is 0 Å². The average molecular weight is 328 g/mol. The van der Waals surface area contributed by atoms with Crippen molar-refractivity contribution in [3.05, 3.63) is 57.5 Å². The predicted molar refractivity (Wildman–Crippen MR) is 76.3 cm³/mol. The number of benzene rings is 2. The lowest BCUT2D eigenvalue weighted by molar-refractivity contribution is 0.199. The van der Waals surface area contributed by atoms with Crippen LogP contribution >= 0.6 is 27.5 Å². The van der Waals surface area contributed by atoms with Crippen molar-refractivity contribution in [2.24, 2.45) is 0 Å². The van der Waals surface area contributed by atoms with Crippen LogP contribution in [-0.2, 0) is 0 Å². The fourth-order valence-electron chi connectivity index (χ4n) is 1.50. The molecule has 4 heteroatoms. The Bertz CT molecular complexity index is 538. The van der Waals surface area contributed by atoms with Crippen molar-refractivity contribution in [2.75, 3.05) is 0 Å². The van der Waals surface area contributed by atoms with Crippen molar-refractivity contribution in [3.63, 3.8) is 0 Å². The molecule has 0 aromatic heterocycles. The topological polar surface area (TPSA) is 29.5 Å². The summed E-state index contributed by atoms with van der Waals surface area (Å²) < 4.78 is 6.57. The molecule has 2 nitrogen and oxygen atoms in total. The minimum absolute atomic E-state index is 0.477. The molecule has 0 fully saturated rings. The molecule has 0 radical (unpaired) electrons. The number of aliphatic hydroxyl groups is 1. The SMILES string of the molecule is CC(O)c1ccc(Oc2ccc(Br)cc2Cl)cc1. The van der Waals surface area contributed by atoms with Gasteiger partial charge in [0.05, 0.1) is 11.1 Å².